The fraction of sp³-hybridized carbons (Fsp3) is 0.933. The summed E-state index contributed by atoms with van der Waals surface area (Å²) in [5.74, 6) is 1.70. The van der Waals surface area contributed by atoms with Gasteiger partial charge in [0.25, 0.3) is 0 Å². The Morgan fingerprint density at radius 3 is 1.94 bits per heavy atom. The first-order valence-corrected chi connectivity index (χ1v) is 7.27. The summed E-state index contributed by atoms with van der Waals surface area (Å²) in [6.07, 6.45) is 1.63. The summed E-state index contributed by atoms with van der Waals surface area (Å²) < 4.78 is 0. The van der Waals surface area contributed by atoms with Gasteiger partial charge < -0.3 is 10.6 Å². The van der Waals surface area contributed by atoms with E-state index < -0.39 is 0 Å². The third-order valence-electron chi connectivity index (χ3n) is 3.11. The standard InChI is InChI=1S/C15H32N2O/c1-11(2)7-14(9-16)8-15(18)17(13(5)6)10-12(3)4/h11-14H,7-10,16H2,1-6H3/t14-/m0/s1. The highest BCUT2D eigenvalue weighted by molar-refractivity contribution is 5.76. The van der Waals surface area contributed by atoms with E-state index in [0.29, 0.717) is 30.7 Å². The lowest BCUT2D eigenvalue weighted by Crippen LogP contribution is -2.41. The van der Waals surface area contributed by atoms with E-state index in [0.717, 1.165) is 13.0 Å². The van der Waals surface area contributed by atoms with Crippen molar-refractivity contribution in [1.29, 1.82) is 0 Å². The molecule has 0 aliphatic heterocycles. The van der Waals surface area contributed by atoms with Crippen LogP contribution in [0.5, 0.6) is 0 Å². The number of rotatable bonds is 8. The molecule has 1 atom stereocenters. The van der Waals surface area contributed by atoms with Crippen molar-refractivity contribution >= 4 is 5.91 Å². The Hall–Kier alpha value is -0.570. The molecule has 0 aliphatic carbocycles. The summed E-state index contributed by atoms with van der Waals surface area (Å²) in [4.78, 5) is 14.3. The highest BCUT2D eigenvalue weighted by Crippen LogP contribution is 2.17. The fourth-order valence-electron chi connectivity index (χ4n) is 2.29. The van der Waals surface area contributed by atoms with Crippen molar-refractivity contribution < 1.29 is 4.79 Å². The van der Waals surface area contributed by atoms with Crippen LogP contribution in [0.25, 0.3) is 0 Å². The smallest absolute Gasteiger partial charge is 0.223 e. The first kappa shape index (κ1) is 17.4. The summed E-state index contributed by atoms with van der Waals surface area (Å²) in [7, 11) is 0. The van der Waals surface area contributed by atoms with Crippen LogP contribution < -0.4 is 5.73 Å². The second kappa shape index (κ2) is 8.52. The van der Waals surface area contributed by atoms with Crippen molar-refractivity contribution in [3.8, 4) is 0 Å². The van der Waals surface area contributed by atoms with E-state index in [1.54, 1.807) is 0 Å². The molecule has 0 fully saturated rings. The number of nitrogens with zero attached hydrogens (tertiary/aromatic N) is 1. The molecule has 0 rings (SSSR count). The third kappa shape index (κ3) is 7.00. The normalized spacial score (nSPS) is 13.4. The molecule has 0 aliphatic rings. The molecule has 0 radical (unpaired) electrons. The maximum absolute atomic E-state index is 12.3. The molecule has 0 bridgehead atoms. The van der Waals surface area contributed by atoms with E-state index in [-0.39, 0.29) is 11.9 Å². The molecule has 108 valence electrons. The number of amides is 1. The van der Waals surface area contributed by atoms with E-state index in [4.69, 9.17) is 5.73 Å². The van der Waals surface area contributed by atoms with Gasteiger partial charge in [-0.05, 0) is 44.6 Å². The summed E-state index contributed by atoms with van der Waals surface area (Å²) in [5, 5.41) is 0. The molecule has 0 aromatic carbocycles. The molecule has 0 saturated carbocycles. The second-order valence-corrected chi connectivity index (χ2v) is 6.47. The maximum Gasteiger partial charge on any atom is 0.223 e. The van der Waals surface area contributed by atoms with E-state index in [1.807, 2.05) is 4.90 Å². The summed E-state index contributed by atoms with van der Waals surface area (Å²) in [6, 6.07) is 0.275. The van der Waals surface area contributed by atoms with Crippen LogP contribution in [-0.2, 0) is 4.79 Å². The lowest BCUT2D eigenvalue weighted by atomic mass is 9.93. The predicted molar refractivity (Wildman–Crippen MR) is 78.3 cm³/mol. The van der Waals surface area contributed by atoms with Crippen molar-refractivity contribution in [1.82, 2.24) is 4.90 Å². The zero-order chi connectivity index (χ0) is 14.3. The van der Waals surface area contributed by atoms with Crippen LogP contribution in [-0.4, -0.2) is 29.9 Å². The molecule has 3 heteroatoms. The van der Waals surface area contributed by atoms with Crippen LogP contribution >= 0.6 is 0 Å². The SMILES string of the molecule is CC(C)C[C@H](CN)CC(=O)N(CC(C)C)C(C)C. The Morgan fingerprint density at radius 1 is 1.06 bits per heavy atom. The van der Waals surface area contributed by atoms with Crippen LogP contribution in [0, 0.1) is 17.8 Å². The van der Waals surface area contributed by atoms with Crippen molar-refractivity contribution in [2.75, 3.05) is 13.1 Å². The zero-order valence-electron chi connectivity index (χ0n) is 13.1. The predicted octanol–water partition coefficient (Wildman–Crippen LogP) is 2.89. The largest absolute Gasteiger partial charge is 0.340 e. The zero-order valence-corrected chi connectivity index (χ0v) is 13.1. The minimum atomic E-state index is 0.259. The quantitative estimate of drug-likeness (QED) is 0.726. The van der Waals surface area contributed by atoms with Gasteiger partial charge in [-0.1, -0.05) is 27.7 Å². The van der Waals surface area contributed by atoms with Gasteiger partial charge in [-0.15, -0.1) is 0 Å². The van der Waals surface area contributed by atoms with Gasteiger partial charge in [-0.3, -0.25) is 4.79 Å². The number of carbonyl (C=O) groups excluding carboxylic acids is 1. The molecular formula is C15H32N2O. The molecule has 18 heavy (non-hydrogen) atoms. The first-order chi connectivity index (χ1) is 8.27. The molecule has 2 N–H and O–H groups in total. The fourth-order valence-corrected chi connectivity index (χ4v) is 2.29. The van der Waals surface area contributed by atoms with Crippen LogP contribution in [0.3, 0.4) is 0 Å². The molecular weight excluding hydrogens is 224 g/mol. The van der Waals surface area contributed by atoms with Gasteiger partial charge in [0.1, 0.15) is 0 Å². The Kier molecular flexibility index (Phi) is 8.25. The minimum Gasteiger partial charge on any atom is -0.340 e. The third-order valence-corrected chi connectivity index (χ3v) is 3.11. The topological polar surface area (TPSA) is 46.3 Å². The molecule has 0 saturated heterocycles. The van der Waals surface area contributed by atoms with E-state index in [1.165, 1.54) is 0 Å². The maximum atomic E-state index is 12.3. The Morgan fingerprint density at radius 2 is 1.61 bits per heavy atom. The van der Waals surface area contributed by atoms with Crippen LogP contribution in [0.2, 0.25) is 0 Å². The molecule has 1 amide bonds. The minimum absolute atomic E-state index is 0.259. The Labute approximate surface area is 113 Å². The Balaban J connectivity index is 4.47. The summed E-state index contributed by atoms with van der Waals surface area (Å²) in [5.41, 5.74) is 5.78. The Bertz CT molecular complexity index is 237. The average molecular weight is 256 g/mol. The number of hydrogen-bond donors (Lipinski definition) is 1. The van der Waals surface area contributed by atoms with Crippen LogP contribution in [0.15, 0.2) is 0 Å². The summed E-state index contributed by atoms with van der Waals surface area (Å²) in [6.45, 7) is 14.3. The number of carbonyl (C=O) groups is 1. The van der Waals surface area contributed by atoms with E-state index in [2.05, 4.69) is 41.5 Å². The van der Waals surface area contributed by atoms with Crippen molar-refractivity contribution in [2.24, 2.45) is 23.5 Å². The van der Waals surface area contributed by atoms with Gasteiger partial charge in [0, 0.05) is 19.0 Å². The van der Waals surface area contributed by atoms with Crippen LogP contribution in [0.4, 0.5) is 0 Å². The average Bonchev–Trinajstić information content (AvgIpc) is 2.23. The van der Waals surface area contributed by atoms with Gasteiger partial charge in [0.05, 0.1) is 0 Å². The van der Waals surface area contributed by atoms with Crippen molar-refractivity contribution in [3.05, 3.63) is 0 Å². The molecule has 0 unspecified atom stereocenters. The lowest BCUT2D eigenvalue weighted by Gasteiger charge is -2.30. The molecule has 0 aromatic rings. The van der Waals surface area contributed by atoms with Gasteiger partial charge >= 0.3 is 0 Å². The van der Waals surface area contributed by atoms with Gasteiger partial charge in [-0.25, -0.2) is 0 Å². The molecule has 0 aromatic heterocycles. The highest BCUT2D eigenvalue weighted by Gasteiger charge is 2.21. The summed E-state index contributed by atoms with van der Waals surface area (Å²) >= 11 is 0. The lowest BCUT2D eigenvalue weighted by molar-refractivity contribution is -0.134. The van der Waals surface area contributed by atoms with E-state index >= 15 is 0 Å². The monoisotopic (exact) mass is 256 g/mol. The number of nitrogens with two attached hydrogens (primary N) is 1. The van der Waals surface area contributed by atoms with Gasteiger partial charge in [-0.2, -0.15) is 0 Å². The van der Waals surface area contributed by atoms with E-state index in [9.17, 15) is 4.79 Å². The van der Waals surface area contributed by atoms with Crippen LogP contribution in [0.1, 0.15) is 54.4 Å². The van der Waals surface area contributed by atoms with Gasteiger partial charge in [0.15, 0.2) is 0 Å². The molecule has 3 nitrogen and oxygen atoms in total. The second-order valence-electron chi connectivity index (χ2n) is 6.47. The first-order valence-electron chi connectivity index (χ1n) is 7.27. The van der Waals surface area contributed by atoms with Gasteiger partial charge in [0.2, 0.25) is 5.91 Å². The van der Waals surface area contributed by atoms with Crippen molar-refractivity contribution in [3.63, 3.8) is 0 Å². The molecule has 0 spiro atoms. The number of hydrogen-bond acceptors (Lipinski definition) is 2. The highest BCUT2D eigenvalue weighted by atomic mass is 16.2. The van der Waals surface area contributed by atoms with Crippen molar-refractivity contribution in [2.45, 2.75) is 60.4 Å². The molecule has 0 heterocycles.